The van der Waals surface area contributed by atoms with Gasteiger partial charge in [0.15, 0.2) is 5.76 Å². The first-order valence-corrected chi connectivity index (χ1v) is 10.8. The number of ether oxygens (including phenoxy) is 1. The minimum atomic E-state index is -4.94. The monoisotopic (exact) mass is 433 g/mol. The highest BCUT2D eigenvalue weighted by atomic mass is 35.7. The molecule has 0 bridgehead atoms. The van der Waals surface area contributed by atoms with Gasteiger partial charge in [0.25, 0.3) is 5.71 Å². The second-order valence-corrected chi connectivity index (χ2v) is 7.58. The van der Waals surface area contributed by atoms with Gasteiger partial charge in [0, 0.05) is 24.4 Å². The number of halogens is 1. The Morgan fingerprint density at radius 2 is 1.77 bits per heavy atom. The Labute approximate surface area is 177 Å². The Morgan fingerprint density at radius 1 is 1.07 bits per heavy atom. The predicted octanol–water partition coefficient (Wildman–Crippen LogP) is -2.19. The number of aryl methyl sites for hydroxylation is 1. The molecule has 8 nitrogen and oxygen atoms in total. The maximum Gasteiger partial charge on any atom is 0.254 e. The first-order chi connectivity index (χ1) is 14.2. The highest BCUT2D eigenvalue weighted by molar-refractivity contribution is 6.11. The summed E-state index contributed by atoms with van der Waals surface area (Å²) in [7, 11) is -4.94. The van der Waals surface area contributed by atoms with Crippen LogP contribution in [-0.4, -0.2) is 18.8 Å². The van der Waals surface area contributed by atoms with Gasteiger partial charge in [-0.15, -0.1) is 10.2 Å². The van der Waals surface area contributed by atoms with Gasteiger partial charge in [0.2, 0.25) is 11.4 Å². The second-order valence-electron chi connectivity index (χ2n) is 6.83. The number of anilines is 1. The van der Waals surface area contributed by atoms with Crippen LogP contribution in [0.5, 0.6) is 5.75 Å². The predicted molar refractivity (Wildman–Crippen MR) is 102 cm³/mol. The molecule has 0 saturated heterocycles. The van der Waals surface area contributed by atoms with Crippen molar-refractivity contribution in [2.75, 3.05) is 18.4 Å². The fourth-order valence-electron chi connectivity index (χ4n) is 3.56. The maximum absolute atomic E-state index is 8.49. The Bertz CT molecular complexity index is 979. The average molecular weight is 434 g/mol. The van der Waals surface area contributed by atoms with Gasteiger partial charge in [0.1, 0.15) is 0 Å². The van der Waals surface area contributed by atoms with Gasteiger partial charge in [-0.3, -0.25) is 0 Å². The van der Waals surface area contributed by atoms with E-state index >= 15 is 0 Å². The largest absolute Gasteiger partial charge is 0.444 e. The van der Waals surface area contributed by atoms with Crippen molar-refractivity contribution in [2.24, 2.45) is 0 Å². The minimum Gasteiger partial charge on any atom is -0.444 e. The lowest BCUT2D eigenvalue weighted by Gasteiger charge is -2.26. The molecule has 9 heteroatoms. The zero-order chi connectivity index (χ0) is 21.9. The van der Waals surface area contributed by atoms with Gasteiger partial charge >= 0.3 is 0 Å². The highest BCUT2D eigenvalue weighted by Gasteiger charge is 2.34. The van der Waals surface area contributed by atoms with Crippen molar-refractivity contribution in [3.8, 4) is 5.75 Å². The third kappa shape index (κ3) is 5.17. The summed E-state index contributed by atoms with van der Waals surface area (Å²) < 4.78 is 40.3. The Hall–Kier alpha value is -2.46. The third-order valence-electron chi connectivity index (χ3n) is 4.73. The standard InChI is InChI=1S/C21H23N3O.ClHO4/c1-4-22-16-11-19-18(10-13(16)3)24-21-15-9-7-6-8-14(15)17(23-5-2)12-20(21)25-19;2-1(3,4)5/h6-12,17,22-23H,4-5H2,1-3H3;(H,2,3,4,5). The van der Waals surface area contributed by atoms with Crippen LogP contribution in [0.15, 0.2) is 48.2 Å². The Morgan fingerprint density at radius 3 is 2.43 bits per heavy atom. The summed E-state index contributed by atoms with van der Waals surface area (Å²) >= 11 is 0. The normalized spacial score (nSPS) is 16.6. The van der Waals surface area contributed by atoms with Gasteiger partial charge < -0.3 is 15.4 Å². The van der Waals surface area contributed by atoms with Crippen molar-refractivity contribution in [3.05, 3.63) is 64.9 Å². The molecule has 160 valence electrons. The summed E-state index contributed by atoms with van der Waals surface area (Å²) in [6, 6.07) is 12.9. The molecular weight excluding hydrogens is 410 g/mol. The molecule has 4 rings (SSSR count). The molecule has 0 fully saturated rings. The van der Waals surface area contributed by atoms with E-state index in [-0.39, 0.29) is 6.04 Å². The molecule has 0 aromatic heterocycles. The molecule has 0 saturated carbocycles. The molecule has 2 aromatic carbocycles. The zero-order valence-electron chi connectivity index (χ0n) is 17.0. The average Bonchev–Trinajstić information content (AvgIpc) is 2.67. The van der Waals surface area contributed by atoms with Crippen molar-refractivity contribution in [2.45, 2.75) is 26.8 Å². The van der Waals surface area contributed by atoms with Crippen molar-refractivity contribution in [1.82, 2.24) is 5.32 Å². The molecule has 0 spiro atoms. The lowest BCUT2D eigenvalue weighted by atomic mass is 9.89. The van der Waals surface area contributed by atoms with Crippen LogP contribution in [0.2, 0.25) is 0 Å². The highest BCUT2D eigenvalue weighted by Crippen LogP contribution is 2.35. The molecule has 1 aliphatic heterocycles. The van der Waals surface area contributed by atoms with E-state index in [0.29, 0.717) is 0 Å². The Balaban J connectivity index is 0.000000461. The topological polar surface area (TPSA) is 140 Å². The van der Waals surface area contributed by atoms with Gasteiger partial charge in [-0.05, 0) is 43.7 Å². The number of likely N-dealkylation sites (N-methyl/N-ethyl adjacent to an activating group) is 1. The smallest absolute Gasteiger partial charge is 0.254 e. The molecule has 0 radical (unpaired) electrons. The van der Waals surface area contributed by atoms with Gasteiger partial charge in [-0.25, -0.2) is 18.6 Å². The molecule has 0 amide bonds. The van der Waals surface area contributed by atoms with Crippen LogP contribution < -0.4 is 39.0 Å². The summed E-state index contributed by atoms with van der Waals surface area (Å²) in [6.07, 6.45) is 2.17. The number of rotatable bonds is 4. The Kier molecular flexibility index (Phi) is 6.77. The van der Waals surface area contributed by atoms with Gasteiger partial charge in [-0.1, -0.05) is 25.1 Å². The van der Waals surface area contributed by atoms with E-state index in [1.807, 2.05) is 0 Å². The van der Waals surface area contributed by atoms with Crippen molar-refractivity contribution < 1.29 is 38.6 Å². The van der Waals surface area contributed by atoms with Crippen LogP contribution >= 0.6 is 0 Å². The molecule has 30 heavy (non-hydrogen) atoms. The first kappa shape index (κ1) is 22.2. The number of hydrogen-bond acceptors (Lipinski definition) is 7. The van der Waals surface area contributed by atoms with Crippen LogP contribution in [0.25, 0.3) is 0 Å². The van der Waals surface area contributed by atoms with E-state index in [1.165, 1.54) is 16.7 Å². The van der Waals surface area contributed by atoms with Crippen LogP contribution in [-0.2, 0) is 0 Å². The van der Waals surface area contributed by atoms with Crippen LogP contribution in [0.1, 0.15) is 36.6 Å². The maximum atomic E-state index is 8.49. The second kappa shape index (κ2) is 9.13. The van der Waals surface area contributed by atoms with E-state index in [2.05, 4.69) is 78.9 Å². The van der Waals surface area contributed by atoms with Crippen molar-refractivity contribution in [1.29, 1.82) is 0 Å². The van der Waals surface area contributed by atoms with Gasteiger partial charge in [0.05, 0.1) is 11.6 Å². The lowest BCUT2D eigenvalue weighted by Crippen LogP contribution is -2.70. The zero-order valence-corrected chi connectivity index (χ0v) is 17.7. The molecule has 1 unspecified atom stereocenters. The molecule has 3 N–H and O–H groups in total. The molecule has 1 heterocycles. The quantitative estimate of drug-likeness (QED) is 0.497. The molecule has 2 aliphatic rings. The van der Waals surface area contributed by atoms with Gasteiger partial charge in [-0.2, -0.15) is 4.99 Å². The summed E-state index contributed by atoms with van der Waals surface area (Å²) in [5.41, 5.74) is 6.87. The van der Waals surface area contributed by atoms with Crippen LogP contribution in [0.4, 0.5) is 11.4 Å². The summed E-state index contributed by atoms with van der Waals surface area (Å²) in [4.78, 5) is 3.60. The number of benzene rings is 2. The van der Waals surface area contributed by atoms with E-state index in [1.54, 1.807) is 0 Å². The number of nitrogens with one attached hydrogen (secondary N) is 3. The van der Waals surface area contributed by atoms with E-state index < -0.39 is 10.2 Å². The summed E-state index contributed by atoms with van der Waals surface area (Å²) in [5, 5.41) is 6.92. The minimum absolute atomic E-state index is 0.169. The lowest BCUT2D eigenvalue weighted by molar-refractivity contribution is -2.00. The molecular formula is C21H24ClN3O5. The molecule has 1 aliphatic carbocycles. The van der Waals surface area contributed by atoms with Crippen LogP contribution in [0.3, 0.4) is 0 Å². The summed E-state index contributed by atoms with van der Waals surface area (Å²) in [5.74, 6) is 1.76. The molecule has 2 aromatic rings. The number of hydrogen-bond donors (Lipinski definition) is 3. The first-order valence-electron chi connectivity index (χ1n) is 9.58. The van der Waals surface area contributed by atoms with Crippen molar-refractivity contribution in [3.63, 3.8) is 0 Å². The van der Waals surface area contributed by atoms with E-state index in [0.717, 1.165) is 41.7 Å². The summed E-state index contributed by atoms with van der Waals surface area (Å²) in [6.45, 7) is 8.15. The van der Waals surface area contributed by atoms with Crippen molar-refractivity contribution >= 4 is 17.1 Å². The third-order valence-corrected chi connectivity index (χ3v) is 4.73. The number of allylic oxidation sites excluding steroid dienone is 1. The van der Waals surface area contributed by atoms with Crippen LogP contribution in [0, 0.1) is 17.2 Å². The van der Waals surface area contributed by atoms with E-state index in [4.69, 9.17) is 23.4 Å². The number of fused-ring (bicyclic) bond motifs is 4. The fourth-order valence-corrected chi connectivity index (χ4v) is 3.56. The molecule has 1 atom stereocenters. The van der Waals surface area contributed by atoms with E-state index in [9.17, 15) is 0 Å². The SMILES string of the molecule is CCNc1cc2c(cc1C)[NH+]=C1C(=CC(NCC)c3ccccc31)O2.[O-][Cl+3]([O-])([O-])[O-]. The fraction of sp³-hybridized carbons (Fsp3) is 0.286.